The monoisotopic (exact) mass is 191 g/mol. The molecule has 1 rings (SSSR count). The first-order chi connectivity index (χ1) is 5.77. The summed E-state index contributed by atoms with van der Waals surface area (Å²) >= 11 is 5.85. The minimum atomic E-state index is 0.328. The van der Waals surface area contributed by atoms with E-state index in [0.29, 0.717) is 12.1 Å². The van der Waals surface area contributed by atoms with Crippen molar-refractivity contribution in [1.29, 1.82) is 0 Å². The summed E-state index contributed by atoms with van der Waals surface area (Å²) in [6.45, 7) is 4.31. The lowest BCUT2D eigenvalue weighted by Gasteiger charge is -2.25. The Balaban J connectivity index is 2.30. The topological polar surface area (TPSA) is 12.5 Å². The fraction of sp³-hybridized carbons (Fsp3) is 1.00. The van der Waals surface area contributed by atoms with E-state index in [2.05, 4.69) is 11.8 Å². The van der Waals surface area contributed by atoms with Crippen LogP contribution in [0.3, 0.4) is 0 Å². The van der Waals surface area contributed by atoms with Crippen molar-refractivity contribution in [2.45, 2.75) is 31.9 Å². The smallest absolute Gasteiger partial charge is 0.0670 e. The molecule has 1 aliphatic rings. The number of hydrogen-bond acceptors (Lipinski definition) is 2. The van der Waals surface area contributed by atoms with Crippen molar-refractivity contribution in [3.8, 4) is 0 Å². The number of methoxy groups -OCH3 is 1. The Morgan fingerprint density at radius 2 is 2.42 bits per heavy atom. The SMILES string of the molecule is COC(C)CN1CCCC1CCl. The van der Waals surface area contributed by atoms with Gasteiger partial charge in [-0.25, -0.2) is 0 Å². The molecule has 3 heteroatoms. The van der Waals surface area contributed by atoms with E-state index in [9.17, 15) is 0 Å². The number of rotatable bonds is 4. The van der Waals surface area contributed by atoms with Gasteiger partial charge in [-0.3, -0.25) is 4.90 Å². The third-order valence-corrected chi connectivity index (χ3v) is 2.93. The van der Waals surface area contributed by atoms with Gasteiger partial charge in [0, 0.05) is 25.6 Å². The van der Waals surface area contributed by atoms with E-state index in [1.54, 1.807) is 7.11 Å². The molecule has 0 spiro atoms. The molecule has 2 unspecified atom stereocenters. The molecule has 12 heavy (non-hydrogen) atoms. The highest BCUT2D eigenvalue weighted by Crippen LogP contribution is 2.18. The Hall–Kier alpha value is 0.210. The predicted molar refractivity (Wildman–Crippen MR) is 51.8 cm³/mol. The summed E-state index contributed by atoms with van der Waals surface area (Å²) in [6.07, 6.45) is 2.86. The van der Waals surface area contributed by atoms with Crippen LogP contribution in [-0.4, -0.2) is 43.1 Å². The molecule has 1 aliphatic heterocycles. The maximum atomic E-state index is 5.85. The molecule has 1 heterocycles. The molecule has 0 saturated carbocycles. The average Bonchev–Trinajstić information content (AvgIpc) is 2.51. The number of halogens is 1. The van der Waals surface area contributed by atoms with E-state index in [1.165, 1.54) is 19.4 Å². The molecule has 0 radical (unpaired) electrons. The Labute approximate surface area is 79.8 Å². The van der Waals surface area contributed by atoms with Crippen molar-refractivity contribution in [2.75, 3.05) is 26.1 Å². The van der Waals surface area contributed by atoms with E-state index in [4.69, 9.17) is 16.3 Å². The van der Waals surface area contributed by atoms with Gasteiger partial charge in [0.05, 0.1) is 6.10 Å². The van der Waals surface area contributed by atoms with Crippen LogP contribution in [0.2, 0.25) is 0 Å². The van der Waals surface area contributed by atoms with Gasteiger partial charge < -0.3 is 4.74 Å². The third-order valence-electron chi connectivity index (χ3n) is 2.57. The fourth-order valence-electron chi connectivity index (χ4n) is 1.72. The van der Waals surface area contributed by atoms with Crippen molar-refractivity contribution in [1.82, 2.24) is 4.90 Å². The molecule has 72 valence electrons. The second-order valence-corrected chi connectivity index (χ2v) is 3.80. The van der Waals surface area contributed by atoms with Crippen LogP contribution in [0.5, 0.6) is 0 Å². The number of likely N-dealkylation sites (tertiary alicyclic amines) is 1. The van der Waals surface area contributed by atoms with E-state index in [0.717, 1.165) is 12.4 Å². The highest BCUT2D eigenvalue weighted by atomic mass is 35.5. The van der Waals surface area contributed by atoms with Crippen LogP contribution in [0, 0.1) is 0 Å². The molecule has 2 atom stereocenters. The molecule has 0 bridgehead atoms. The van der Waals surface area contributed by atoms with Gasteiger partial charge in [0.15, 0.2) is 0 Å². The Morgan fingerprint density at radius 1 is 1.67 bits per heavy atom. The summed E-state index contributed by atoms with van der Waals surface area (Å²) in [4.78, 5) is 2.43. The normalized spacial score (nSPS) is 27.8. The molecule has 0 aromatic rings. The van der Waals surface area contributed by atoms with Crippen LogP contribution in [0.25, 0.3) is 0 Å². The van der Waals surface area contributed by atoms with E-state index in [1.807, 2.05) is 0 Å². The molecule has 0 aliphatic carbocycles. The van der Waals surface area contributed by atoms with Crippen LogP contribution in [-0.2, 0) is 4.74 Å². The zero-order valence-electron chi connectivity index (χ0n) is 7.92. The van der Waals surface area contributed by atoms with Gasteiger partial charge in [-0.05, 0) is 26.3 Å². The van der Waals surface area contributed by atoms with Gasteiger partial charge in [0.2, 0.25) is 0 Å². The quantitative estimate of drug-likeness (QED) is 0.628. The third kappa shape index (κ3) is 2.61. The van der Waals surface area contributed by atoms with Crippen molar-refractivity contribution < 1.29 is 4.74 Å². The number of hydrogen-bond donors (Lipinski definition) is 0. The second kappa shape index (κ2) is 5.05. The number of nitrogens with zero attached hydrogens (tertiary/aromatic N) is 1. The fourth-order valence-corrected chi connectivity index (χ4v) is 2.06. The molecular weight excluding hydrogens is 174 g/mol. The van der Waals surface area contributed by atoms with Crippen molar-refractivity contribution >= 4 is 11.6 Å². The lowest BCUT2D eigenvalue weighted by molar-refractivity contribution is 0.0753. The summed E-state index contributed by atoms with van der Waals surface area (Å²) in [5.41, 5.74) is 0. The van der Waals surface area contributed by atoms with Crippen LogP contribution in [0.15, 0.2) is 0 Å². The summed E-state index contributed by atoms with van der Waals surface area (Å²) in [5.74, 6) is 0.760. The summed E-state index contributed by atoms with van der Waals surface area (Å²) < 4.78 is 5.22. The van der Waals surface area contributed by atoms with Crippen LogP contribution in [0.4, 0.5) is 0 Å². The molecule has 1 fully saturated rings. The van der Waals surface area contributed by atoms with Gasteiger partial charge in [0.25, 0.3) is 0 Å². The highest BCUT2D eigenvalue weighted by molar-refractivity contribution is 6.18. The van der Waals surface area contributed by atoms with E-state index >= 15 is 0 Å². The van der Waals surface area contributed by atoms with Crippen LogP contribution < -0.4 is 0 Å². The summed E-state index contributed by atoms with van der Waals surface area (Å²) in [6, 6.07) is 0.587. The van der Waals surface area contributed by atoms with Crippen molar-refractivity contribution in [3.05, 3.63) is 0 Å². The minimum absolute atomic E-state index is 0.328. The van der Waals surface area contributed by atoms with Gasteiger partial charge in [-0.1, -0.05) is 0 Å². The van der Waals surface area contributed by atoms with Gasteiger partial charge in [-0.2, -0.15) is 0 Å². The lowest BCUT2D eigenvalue weighted by Crippen LogP contribution is -2.36. The molecule has 0 N–H and O–H groups in total. The largest absolute Gasteiger partial charge is 0.380 e. The van der Waals surface area contributed by atoms with Crippen molar-refractivity contribution in [2.24, 2.45) is 0 Å². The van der Waals surface area contributed by atoms with Gasteiger partial charge >= 0.3 is 0 Å². The number of ether oxygens (including phenoxy) is 1. The second-order valence-electron chi connectivity index (χ2n) is 3.49. The Kier molecular flexibility index (Phi) is 4.33. The first-order valence-electron chi connectivity index (χ1n) is 4.60. The average molecular weight is 192 g/mol. The number of alkyl halides is 1. The maximum absolute atomic E-state index is 5.85. The van der Waals surface area contributed by atoms with Gasteiger partial charge in [0.1, 0.15) is 0 Å². The van der Waals surface area contributed by atoms with E-state index in [-0.39, 0.29) is 0 Å². The summed E-state index contributed by atoms with van der Waals surface area (Å²) in [7, 11) is 1.76. The zero-order valence-corrected chi connectivity index (χ0v) is 8.68. The molecule has 0 aromatic heterocycles. The van der Waals surface area contributed by atoms with Crippen molar-refractivity contribution in [3.63, 3.8) is 0 Å². The molecule has 0 aromatic carbocycles. The van der Waals surface area contributed by atoms with Gasteiger partial charge in [-0.15, -0.1) is 11.6 Å². The summed E-state index contributed by atoms with van der Waals surface area (Å²) in [5, 5.41) is 0. The molecular formula is C9H18ClNO. The Morgan fingerprint density at radius 3 is 3.00 bits per heavy atom. The first kappa shape index (κ1) is 10.3. The molecule has 2 nitrogen and oxygen atoms in total. The van der Waals surface area contributed by atoms with Crippen LogP contribution >= 0.6 is 11.6 Å². The molecule has 0 amide bonds. The zero-order chi connectivity index (χ0) is 8.97. The van der Waals surface area contributed by atoms with Crippen LogP contribution in [0.1, 0.15) is 19.8 Å². The minimum Gasteiger partial charge on any atom is -0.380 e. The standard InChI is InChI=1S/C9H18ClNO/c1-8(12-2)7-11-5-3-4-9(11)6-10/h8-9H,3-7H2,1-2H3. The first-order valence-corrected chi connectivity index (χ1v) is 5.14. The Bertz CT molecular complexity index is 132. The highest BCUT2D eigenvalue weighted by Gasteiger charge is 2.24. The predicted octanol–water partition coefficient (Wildman–Crippen LogP) is 1.72. The van der Waals surface area contributed by atoms with E-state index < -0.39 is 0 Å². The maximum Gasteiger partial charge on any atom is 0.0670 e. The lowest BCUT2D eigenvalue weighted by atomic mass is 10.2. The molecule has 1 saturated heterocycles.